The molecule has 0 bridgehead atoms. The smallest absolute Gasteiger partial charge is 0.316 e. The highest BCUT2D eigenvalue weighted by Crippen LogP contribution is 2.39. The summed E-state index contributed by atoms with van der Waals surface area (Å²) in [6, 6.07) is 3.74. The number of piperidine rings is 1. The minimum atomic E-state index is -3.65. The molecule has 5 rings (SSSR count). The Morgan fingerprint density at radius 2 is 1.80 bits per heavy atom. The first-order chi connectivity index (χ1) is 14.4. The highest BCUT2D eigenvalue weighted by molar-refractivity contribution is 9.10. The molecule has 1 saturated heterocycles. The van der Waals surface area contributed by atoms with Gasteiger partial charge in [0.05, 0.1) is 21.6 Å². The number of anilines is 1. The van der Waals surface area contributed by atoms with Gasteiger partial charge >= 0.3 is 6.01 Å². The molecular weight excluding hydrogens is 472 g/mol. The molecule has 3 aliphatic heterocycles. The number of nitrogens with zero attached hydrogens (tertiary/aromatic N) is 4. The molecule has 1 aromatic carbocycles. The van der Waals surface area contributed by atoms with Crippen LogP contribution in [0.5, 0.6) is 6.01 Å². The fraction of sp³-hybridized carbons (Fsp3) is 0.450. The van der Waals surface area contributed by atoms with Crippen LogP contribution >= 0.6 is 15.9 Å². The van der Waals surface area contributed by atoms with E-state index in [1.54, 1.807) is 29.4 Å². The van der Waals surface area contributed by atoms with Gasteiger partial charge < -0.3 is 9.64 Å². The maximum absolute atomic E-state index is 13.4. The van der Waals surface area contributed by atoms with Gasteiger partial charge in [0, 0.05) is 31.9 Å². The average molecular weight is 493 g/mol. The molecule has 1 fully saturated rings. The topological polar surface area (TPSA) is 92.7 Å². The lowest BCUT2D eigenvalue weighted by atomic mass is 10.00. The maximum Gasteiger partial charge on any atom is 0.316 e. The van der Waals surface area contributed by atoms with Gasteiger partial charge in [0.15, 0.2) is 0 Å². The summed E-state index contributed by atoms with van der Waals surface area (Å²) >= 11 is 3.29. The second-order valence-corrected chi connectivity index (χ2v) is 10.7. The van der Waals surface area contributed by atoms with Gasteiger partial charge in [-0.3, -0.25) is 4.79 Å². The van der Waals surface area contributed by atoms with Crippen LogP contribution in [-0.2, 0) is 27.7 Å². The molecule has 158 valence electrons. The number of hydrogen-bond donors (Lipinski definition) is 0. The largest absolute Gasteiger partial charge is 0.459 e. The molecule has 0 spiro atoms. The second kappa shape index (κ2) is 7.58. The minimum absolute atomic E-state index is 0.128. The van der Waals surface area contributed by atoms with E-state index < -0.39 is 10.0 Å². The summed E-state index contributed by atoms with van der Waals surface area (Å²) in [5, 5.41) is 0. The van der Waals surface area contributed by atoms with Gasteiger partial charge in [-0.25, -0.2) is 18.4 Å². The molecule has 0 aliphatic carbocycles. The molecule has 3 aliphatic rings. The third-order valence-electron chi connectivity index (χ3n) is 5.87. The molecule has 0 N–H and O–H groups in total. The number of halogens is 1. The summed E-state index contributed by atoms with van der Waals surface area (Å²) < 4.78 is 34.9. The number of benzene rings is 1. The Hall–Kier alpha value is -2.04. The number of sulfonamides is 1. The Bertz CT molecular complexity index is 1110. The number of carbonyl (C=O) groups is 1. The molecular formula is C20H21BrN4O4S. The Morgan fingerprint density at radius 3 is 2.57 bits per heavy atom. The van der Waals surface area contributed by atoms with E-state index in [4.69, 9.17) is 4.74 Å². The molecule has 2 aromatic rings. The van der Waals surface area contributed by atoms with Crippen molar-refractivity contribution >= 4 is 37.5 Å². The van der Waals surface area contributed by atoms with Crippen LogP contribution < -0.4 is 9.64 Å². The quantitative estimate of drug-likeness (QED) is 0.649. The van der Waals surface area contributed by atoms with Gasteiger partial charge in [-0.15, -0.1) is 0 Å². The number of aromatic nitrogens is 2. The first-order valence-electron chi connectivity index (χ1n) is 10.0. The Kier molecular flexibility index (Phi) is 5.03. The van der Waals surface area contributed by atoms with E-state index in [1.807, 2.05) is 0 Å². The lowest BCUT2D eigenvalue weighted by Crippen LogP contribution is -2.44. The third kappa shape index (κ3) is 3.50. The second-order valence-electron chi connectivity index (χ2n) is 7.81. The zero-order chi connectivity index (χ0) is 20.9. The van der Waals surface area contributed by atoms with E-state index in [-0.39, 0.29) is 24.6 Å². The van der Waals surface area contributed by atoms with Crippen molar-refractivity contribution in [1.29, 1.82) is 0 Å². The molecule has 1 unspecified atom stereocenters. The van der Waals surface area contributed by atoms with E-state index in [9.17, 15) is 13.2 Å². The molecule has 1 atom stereocenters. The Morgan fingerprint density at radius 1 is 1.07 bits per heavy atom. The molecule has 1 aromatic heterocycles. The van der Waals surface area contributed by atoms with Crippen molar-refractivity contribution in [3.8, 4) is 6.01 Å². The van der Waals surface area contributed by atoms with Crippen molar-refractivity contribution in [3.05, 3.63) is 40.1 Å². The van der Waals surface area contributed by atoms with Crippen LogP contribution in [-0.4, -0.2) is 54.3 Å². The summed E-state index contributed by atoms with van der Waals surface area (Å²) in [6.07, 6.45) is 6.09. The standard InChI is InChI=1S/C20H21BrN4O4S/c21-15-10-22-20(23-11-15)29-16-2-1-6-24(12-16)30(27,28)17-8-13-3-4-18(26)25-7-5-14(9-17)19(13)25/h8-11,16H,1-7,12H2. The SMILES string of the molecule is O=C1CCc2cc(S(=O)(=O)N3CCCC(Oc4ncc(Br)cn4)C3)cc3c2N1CC3. The predicted molar refractivity (Wildman–Crippen MR) is 113 cm³/mol. The first kappa shape index (κ1) is 19.9. The predicted octanol–water partition coefficient (Wildman–Crippen LogP) is 2.31. The summed E-state index contributed by atoms with van der Waals surface area (Å²) in [6.45, 7) is 1.36. The van der Waals surface area contributed by atoms with Crippen LogP contribution in [0.3, 0.4) is 0 Å². The van der Waals surface area contributed by atoms with Crippen molar-refractivity contribution in [3.63, 3.8) is 0 Å². The molecule has 0 saturated carbocycles. The van der Waals surface area contributed by atoms with Crippen LogP contribution in [0.25, 0.3) is 0 Å². The molecule has 4 heterocycles. The first-order valence-corrected chi connectivity index (χ1v) is 12.3. The normalized spacial score (nSPS) is 21.6. The van der Waals surface area contributed by atoms with Crippen molar-refractivity contribution in [1.82, 2.24) is 14.3 Å². The zero-order valence-electron chi connectivity index (χ0n) is 16.3. The molecule has 1 amide bonds. The van der Waals surface area contributed by atoms with Gasteiger partial charge in [-0.2, -0.15) is 4.31 Å². The van der Waals surface area contributed by atoms with E-state index in [0.717, 1.165) is 27.7 Å². The maximum atomic E-state index is 13.4. The number of rotatable bonds is 4. The highest BCUT2D eigenvalue weighted by Gasteiger charge is 2.36. The Balaban J connectivity index is 1.39. The summed E-state index contributed by atoms with van der Waals surface area (Å²) in [5.41, 5.74) is 2.83. The van der Waals surface area contributed by atoms with Gasteiger partial charge in [0.1, 0.15) is 6.10 Å². The monoisotopic (exact) mass is 492 g/mol. The summed E-state index contributed by atoms with van der Waals surface area (Å²) in [4.78, 5) is 22.5. The molecule has 8 nitrogen and oxygen atoms in total. The van der Waals surface area contributed by atoms with Crippen molar-refractivity contribution in [2.75, 3.05) is 24.5 Å². The number of hydrogen-bond acceptors (Lipinski definition) is 6. The van der Waals surface area contributed by atoms with E-state index >= 15 is 0 Å². The average Bonchev–Trinajstić information content (AvgIpc) is 3.18. The fourth-order valence-corrected chi connectivity index (χ4v) is 6.27. The lowest BCUT2D eigenvalue weighted by Gasteiger charge is -2.32. The number of carbonyl (C=O) groups excluding carboxylic acids is 1. The molecule has 10 heteroatoms. The van der Waals surface area contributed by atoms with Crippen molar-refractivity contribution in [2.45, 2.75) is 43.1 Å². The van der Waals surface area contributed by atoms with E-state index in [1.165, 1.54) is 4.31 Å². The van der Waals surface area contributed by atoms with Crippen LogP contribution in [0.1, 0.15) is 30.4 Å². The lowest BCUT2D eigenvalue weighted by molar-refractivity contribution is -0.118. The minimum Gasteiger partial charge on any atom is -0.459 e. The number of aryl methyl sites for hydroxylation is 1. The molecule has 30 heavy (non-hydrogen) atoms. The van der Waals surface area contributed by atoms with Crippen molar-refractivity contribution in [2.24, 2.45) is 0 Å². The van der Waals surface area contributed by atoms with Crippen LogP contribution in [0.15, 0.2) is 33.9 Å². The Labute approximate surface area is 183 Å². The van der Waals surface area contributed by atoms with Gasteiger partial charge in [-0.05, 0) is 64.9 Å². The number of amides is 1. The zero-order valence-corrected chi connectivity index (χ0v) is 18.7. The molecule has 0 radical (unpaired) electrons. The third-order valence-corrected chi connectivity index (χ3v) is 8.13. The summed E-state index contributed by atoms with van der Waals surface area (Å²) in [7, 11) is -3.65. The summed E-state index contributed by atoms with van der Waals surface area (Å²) in [5.74, 6) is 0.128. The van der Waals surface area contributed by atoms with E-state index in [2.05, 4.69) is 25.9 Å². The van der Waals surface area contributed by atoms with Gasteiger partial charge in [0.25, 0.3) is 0 Å². The van der Waals surface area contributed by atoms with Crippen LogP contribution in [0, 0.1) is 0 Å². The van der Waals surface area contributed by atoms with Gasteiger partial charge in [0.2, 0.25) is 15.9 Å². The van der Waals surface area contributed by atoms with Crippen molar-refractivity contribution < 1.29 is 17.9 Å². The number of ether oxygens (including phenoxy) is 1. The highest BCUT2D eigenvalue weighted by atomic mass is 79.9. The van der Waals surface area contributed by atoms with Crippen LogP contribution in [0.2, 0.25) is 0 Å². The van der Waals surface area contributed by atoms with E-state index in [0.29, 0.717) is 43.7 Å². The fourth-order valence-electron chi connectivity index (χ4n) is 4.45. The van der Waals surface area contributed by atoms with Gasteiger partial charge in [-0.1, -0.05) is 0 Å². The van der Waals surface area contributed by atoms with Crippen LogP contribution in [0.4, 0.5) is 5.69 Å².